The Kier molecular flexibility index (Phi) is 7.00. The van der Waals surface area contributed by atoms with Gasteiger partial charge in [0.1, 0.15) is 5.75 Å². The maximum atomic E-state index is 12.1. The number of nitrogens with zero attached hydrogens (tertiary/aromatic N) is 2. The number of anilines is 1. The minimum atomic E-state index is -0.278. The summed E-state index contributed by atoms with van der Waals surface area (Å²) in [4.78, 5) is 24.2. The number of para-hydroxylation sites is 1. The first-order valence-electron chi connectivity index (χ1n) is 9.53. The second-order valence-electron chi connectivity index (χ2n) is 6.36. The van der Waals surface area contributed by atoms with Crippen LogP contribution in [0.4, 0.5) is 5.69 Å². The first kappa shape index (κ1) is 20.1. The molecular formula is C22H24N4O3. The van der Waals surface area contributed by atoms with Gasteiger partial charge in [-0.2, -0.15) is 5.10 Å². The number of hydrogen-bond donors (Lipinski definition) is 2. The van der Waals surface area contributed by atoms with Crippen LogP contribution >= 0.6 is 0 Å². The Balaban J connectivity index is 1.43. The van der Waals surface area contributed by atoms with E-state index in [9.17, 15) is 9.59 Å². The molecule has 0 fully saturated rings. The molecule has 3 rings (SSSR count). The number of benzene rings is 2. The number of hydrogen-bond acceptors (Lipinski definition) is 4. The lowest BCUT2D eigenvalue weighted by Gasteiger charge is -2.10. The van der Waals surface area contributed by atoms with Gasteiger partial charge in [-0.1, -0.05) is 18.2 Å². The average molecular weight is 392 g/mol. The number of aryl methyl sites for hydroxylation is 1. The smallest absolute Gasteiger partial charge is 0.243 e. The molecule has 0 aliphatic heterocycles. The van der Waals surface area contributed by atoms with Crippen LogP contribution in [0, 0.1) is 0 Å². The molecule has 0 atom stereocenters. The predicted molar refractivity (Wildman–Crippen MR) is 111 cm³/mol. The lowest BCUT2D eigenvalue weighted by Crippen LogP contribution is -2.33. The molecule has 0 spiro atoms. The largest absolute Gasteiger partial charge is 0.494 e. The zero-order valence-corrected chi connectivity index (χ0v) is 16.3. The van der Waals surface area contributed by atoms with Crippen molar-refractivity contribution in [1.29, 1.82) is 0 Å². The van der Waals surface area contributed by atoms with E-state index in [-0.39, 0.29) is 24.8 Å². The number of amides is 2. The molecular weight excluding hydrogens is 368 g/mol. The van der Waals surface area contributed by atoms with Crippen molar-refractivity contribution in [3.05, 3.63) is 72.6 Å². The molecule has 2 aromatic carbocycles. The van der Waals surface area contributed by atoms with Crippen molar-refractivity contribution in [3.63, 3.8) is 0 Å². The summed E-state index contributed by atoms with van der Waals surface area (Å²) in [5.74, 6) is 0.333. The van der Waals surface area contributed by atoms with Crippen molar-refractivity contribution in [3.8, 4) is 11.4 Å². The Hall–Kier alpha value is -3.61. The van der Waals surface area contributed by atoms with Gasteiger partial charge in [-0.25, -0.2) is 4.68 Å². The molecule has 3 aromatic rings. The van der Waals surface area contributed by atoms with Gasteiger partial charge in [-0.05, 0) is 55.3 Å². The molecule has 29 heavy (non-hydrogen) atoms. The summed E-state index contributed by atoms with van der Waals surface area (Å²) in [5, 5.41) is 9.57. The Morgan fingerprint density at radius 1 is 1.03 bits per heavy atom. The summed E-state index contributed by atoms with van der Waals surface area (Å²) in [6.45, 7) is 2.42. The zero-order valence-electron chi connectivity index (χ0n) is 16.3. The summed E-state index contributed by atoms with van der Waals surface area (Å²) in [7, 11) is 0. The van der Waals surface area contributed by atoms with Crippen molar-refractivity contribution in [1.82, 2.24) is 15.1 Å². The third-order valence-corrected chi connectivity index (χ3v) is 4.26. The SMILES string of the molecule is CCOc1ccccc1CCC(=O)NCC(=O)Nc1ccc(-n2cccn2)cc1. The predicted octanol–water partition coefficient (Wildman–Crippen LogP) is 2.96. The Bertz CT molecular complexity index is 937. The fourth-order valence-electron chi connectivity index (χ4n) is 2.85. The lowest BCUT2D eigenvalue weighted by molar-refractivity contribution is -0.124. The Morgan fingerprint density at radius 2 is 1.83 bits per heavy atom. The summed E-state index contributed by atoms with van der Waals surface area (Å²) >= 11 is 0. The molecule has 7 nitrogen and oxygen atoms in total. The molecule has 7 heteroatoms. The van der Waals surface area contributed by atoms with Crippen molar-refractivity contribution in [2.45, 2.75) is 19.8 Å². The van der Waals surface area contributed by atoms with Crippen molar-refractivity contribution < 1.29 is 14.3 Å². The summed E-state index contributed by atoms with van der Waals surface area (Å²) in [6, 6.07) is 16.8. The molecule has 2 N–H and O–H groups in total. The highest BCUT2D eigenvalue weighted by molar-refractivity contribution is 5.94. The molecule has 0 saturated carbocycles. The molecule has 1 heterocycles. The maximum absolute atomic E-state index is 12.1. The molecule has 0 saturated heterocycles. The number of rotatable bonds is 9. The number of carbonyl (C=O) groups excluding carboxylic acids is 2. The third kappa shape index (κ3) is 5.93. The van der Waals surface area contributed by atoms with Gasteiger partial charge in [0.15, 0.2) is 0 Å². The standard InChI is InChI=1S/C22H24N4O3/c1-2-29-20-7-4-3-6-17(20)8-13-21(27)23-16-22(28)25-18-9-11-19(12-10-18)26-15-5-14-24-26/h3-7,9-12,14-15H,2,8,13,16H2,1H3,(H,23,27)(H,25,28). The summed E-state index contributed by atoms with van der Waals surface area (Å²) in [5.41, 5.74) is 2.53. The molecule has 0 aliphatic rings. The molecule has 0 radical (unpaired) electrons. The van der Waals surface area contributed by atoms with Crippen LogP contribution in [0.5, 0.6) is 5.75 Å². The van der Waals surface area contributed by atoms with Gasteiger partial charge in [0.25, 0.3) is 0 Å². The van der Waals surface area contributed by atoms with Crippen LogP contribution in [-0.2, 0) is 16.0 Å². The molecule has 150 valence electrons. The number of ether oxygens (including phenoxy) is 1. The second-order valence-corrected chi connectivity index (χ2v) is 6.36. The van der Waals surface area contributed by atoms with Crippen LogP contribution in [-0.4, -0.2) is 34.7 Å². The second kappa shape index (κ2) is 10.1. The Morgan fingerprint density at radius 3 is 2.55 bits per heavy atom. The highest BCUT2D eigenvalue weighted by Crippen LogP contribution is 2.19. The van der Waals surface area contributed by atoms with Gasteiger partial charge in [0, 0.05) is 24.5 Å². The Labute approximate surface area is 169 Å². The summed E-state index contributed by atoms with van der Waals surface area (Å²) in [6.07, 6.45) is 4.39. The topological polar surface area (TPSA) is 85.2 Å². The van der Waals surface area contributed by atoms with E-state index >= 15 is 0 Å². The zero-order chi connectivity index (χ0) is 20.5. The van der Waals surface area contributed by atoms with Gasteiger partial charge in [-0.3, -0.25) is 9.59 Å². The van der Waals surface area contributed by atoms with Crippen LogP contribution < -0.4 is 15.4 Å². The highest BCUT2D eigenvalue weighted by Gasteiger charge is 2.09. The normalized spacial score (nSPS) is 10.4. The number of carbonyl (C=O) groups is 2. The van der Waals surface area contributed by atoms with Crippen molar-refractivity contribution in [2.75, 3.05) is 18.5 Å². The fourth-order valence-corrected chi connectivity index (χ4v) is 2.85. The van der Waals surface area contributed by atoms with Crippen LogP contribution in [0.1, 0.15) is 18.9 Å². The van der Waals surface area contributed by atoms with Crippen molar-refractivity contribution >= 4 is 17.5 Å². The number of aromatic nitrogens is 2. The molecule has 0 bridgehead atoms. The van der Waals surface area contributed by atoms with Gasteiger partial charge in [0.05, 0.1) is 18.8 Å². The van der Waals surface area contributed by atoms with E-state index in [0.29, 0.717) is 18.7 Å². The quantitative estimate of drug-likeness (QED) is 0.586. The van der Waals surface area contributed by atoms with Crippen LogP contribution in [0.25, 0.3) is 5.69 Å². The van der Waals surface area contributed by atoms with Gasteiger partial charge in [0.2, 0.25) is 11.8 Å². The first-order chi connectivity index (χ1) is 14.2. The van der Waals surface area contributed by atoms with Crippen LogP contribution in [0.3, 0.4) is 0 Å². The monoisotopic (exact) mass is 392 g/mol. The van der Waals surface area contributed by atoms with Gasteiger partial charge < -0.3 is 15.4 Å². The number of nitrogens with one attached hydrogen (secondary N) is 2. The molecule has 0 aliphatic carbocycles. The van der Waals surface area contributed by atoms with E-state index in [2.05, 4.69) is 15.7 Å². The van der Waals surface area contributed by atoms with Gasteiger partial charge >= 0.3 is 0 Å². The van der Waals surface area contributed by atoms with E-state index in [4.69, 9.17) is 4.74 Å². The highest BCUT2D eigenvalue weighted by atomic mass is 16.5. The third-order valence-electron chi connectivity index (χ3n) is 4.26. The van der Waals surface area contributed by atoms with E-state index in [1.165, 1.54) is 0 Å². The van der Waals surface area contributed by atoms with E-state index in [1.54, 1.807) is 23.0 Å². The van der Waals surface area contributed by atoms with Crippen molar-refractivity contribution in [2.24, 2.45) is 0 Å². The fraction of sp³-hybridized carbons (Fsp3) is 0.227. The average Bonchev–Trinajstić information content (AvgIpc) is 3.27. The molecule has 2 amide bonds. The van der Waals surface area contributed by atoms with Crippen LogP contribution in [0.15, 0.2) is 67.0 Å². The minimum absolute atomic E-state index is 0.0765. The lowest BCUT2D eigenvalue weighted by atomic mass is 10.1. The summed E-state index contributed by atoms with van der Waals surface area (Å²) < 4.78 is 7.30. The molecule has 1 aromatic heterocycles. The van der Waals surface area contributed by atoms with E-state index < -0.39 is 0 Å². The van der Waals surface area contributed by atoms with E-state index in [1.807, 2.05) is 55.6 Å². The first-order valence-corrected chi connectivity index (χ1v) is 9.53. The van der Waals surface area contributed by atoms with Gasteiger partial charge in [-0.15, -0.1) is 0 Å². The molecule has 0 unspecified atom stereocenters. The maximum Gasteiger partial charge on any atom is 0.243 e. The minimum Gasteiger partial charge on any atom is -0.494 e. The van der Waals surface area contributed by atoms with Crippen LogP contribution in [0.2, 0.25) is 0 Å². The van der Waals surface area contributed by atoms with E-state index in [0.717, 1.165) is 17.0 Å².